The van der Waals surface area contributed by atoms with E-state index in [1.54, 1.807) is 12.1 Å². The van der Waals surface area contributed by atoms with Crippen LogP contribution in [0.2, 0.25) is 0 Å². The third-order valence-electron chi connectivity index (χ3n) is 4.55. The van der Waals surface area contributed by atoms with Gasteiger partial charge in [-0.25, -0.2) is 0 Å². The summed E-state index contributed by atoms with van der Waals surface area (Å²) in [6.45, 7) is 4.04. The van der Waals surface area contributed by atoms with Crippen LogP contribution in [0.3, 0.4) is 0 Å². The molecule has 7 heteroatoms. The highest BCUT2D eigenvalue weighted by Gasteiger charge is 2.32. The highest BCUT2D eigenvalue weighted by molar-refractivity contribution is 5.95. The molecular formula is C18H26F2N2O3. The van der Waals surface area contributed by atoms with E-state index in [9.17, 15) is 13.6 Å². The van der Waals surface area contributed by atoms with Gasteiger partial charge in [0.05, 0.1) is 19.3 Å². The van der Waals surface area contributed by atoms with Crippen LogP contribution in [0.15, 0.2) is 24.3 Å². The van der Waals surface area contributed by atoms with Crippen molar-refractivity contribution in [2.45, 2.75) is 39.3 Å². The number of amides is 1. The zero-order chi connectivity index (χ0) is 18.2. The summed E-state index contributed by atoms with van der Waals surface area (Å²) in [4.78, 5) is 15.1. The zero-order valence-electron chi connectivity index (χ0n) is 14.7. The third kappa shape index (κ3) is 5.64. The molecule has 0 radical (unpaired) electrons. The fourth-order valence-electron chi connectivity index (χ4n) is 3.20. The maximum Gasteiger partial charge on any atom is 0.387 e. The average Bonchev–Trinajstić information content (AvgIpc) is 2.61. The number of benzene rings is 1. The maximum absolute atomic E-state index is 12.9. The molecule has 1 saturated heterocycles. The van der Waals surface area contributed by atoms with E-state index in [1.165, 1.54) is 12.1 Å². The molecule has 1 amide bonds. The van der Waals surface area contributed by atoms with Crippen LogP contribution in [-0.4, -0.2) is 49.8 Å². The average molecular weight is 356 g/mol. The summed E-state index contributed by atoms with van der Waals surface area (Å²) in [7, 11) is 0. The number of carbonyl (C=O) groups excluding carboxylic acids is 1. The first kappa shape index (κ1) is 19.6. The first-order chi connectivity index (χ1) is 12.0. The number of nitrogens with one attached hydrogen (secondary N) is 1. The minimum atomic E-state index is -2.86. The molecule has 0 bridgehead atoms. The summed E-state index contributed by atoms with van der Waals surface area (Å²) in [6, 6.07) is 5.75. The lowest BCUT2D eigenvalue weighted by Crippen LogP contribution is -2.52. The molecule has 1 fully saturated rings. The van der Waals surface area contributed by atoms with Gasteiger partial charge in [0.1, 0.15) is 5.75 Å². The minimum Gasteiger partial charge on any atom is -0.435 e. The normalized spacial score (nSPS) is 16.9. The topological polar surface area (TPSA) is 50.8 Å². The first-order valence-electron chi connectivity index (χ1n) is 8.72. The van der Waals surface area contributed by atoms with E-state index in [1.807, 2.05) is 0 Å². The van der Waals surface area contributed by atoms with E-state index in [2.05, 4.69) is 28.8 Å². The van der Waals surface area contributed by atoms with Crippen LogP contribution in [0.5, 0.6) is 5.75 Å². The van der Waals surface area contributed by atoms with Crippen LogP contribution in [0, 0.1) is 5.92 Å². The van der Waals surface area contributed by atoms with E-state index in [4.69, 9.17) is 4.74 Å². The van der Waals surface area contributed by atoms with Crippen molar-refractivity contribution in [2.24, 2.45) is 5.92 Å². The number of alkyl halides is 2. The Hall–Kier alpha value is -1.73. The van der Waals surface area contributed by atoms with Gasteiger partial charge in [-0.15, -0.1) is 0 Å². The molecule has 140 valence electrons. The van der Waals surface area contributed by atoms with Crippen molar-refractivity contribution in [1.29, 1.82) is 0 Å². The number of morpholine rings is 1. The molecule has 1 heterocycles. The lowest BCUT2D eigenvalue weighted by molar-refractivity contribution is -0.125. The second-order valence-corrected chi connectivity index (χ2v) is 6.06. The van der Waals surface area contributed by atoms with Gasteiger partial charge in [-0.1, -0.05) is 26.7 Å². The molecule has 1 aliphatic rings. The van der Waals surface area contributed by atoms with Crippen molar-refractivity contribution in [3.8, 4) is 5.75 Å². The first-order valence-corrected chi connectivity index (χ1v) is 8.72. The maximum atomic E-state index is 12.9. The minimum absolute atomic E-state index is 0.0673. The van der Waals surface area contributed by atoms with Gasteiger partial charge < -0.3 is 14.8 Å². The Kier molecular flexibility index (Phi) is 7.58. The predicted molar refractivity (Wildman–Crippen MR) is 92.0 cm³/mol. The molecule has 1 unspecified atom stereocenters. The number of nitrogens with zero attached hydrogens (tertiary/aromatic N) is 1. The van der Waals surface area contributed by atoms with Crippen LogP contribution in [0.25, 0.3) is 0 Å². The van der Waals surface area contributed by atoms with Gasteiger partial charge in [-0.2, -0.15) is 8.78 Å². The van der Waals surface area contributed by atoms with Crippen molar-refractivity contribution < 1.29 is 23.0 Å². The molecule has 1 aliphatic heterocycles. The number of anilines is 1. The van der Waals surface area contributed by atoms with Gasteiger partial charge in [-0.05, 0) is 30.2 Å². The van der Waals surface area contributed by atoms with Crippen molar-refractivity contribution in [2.75, 3.05) is 31.6 Å². The SMILES string of the molecule is CCC(CC)C(C(=O)Nc1ccc(OC(F)F)cc1)N1CCOCC1. The Bertz CT molecular complexity index is 530. The second-order valence-electron chi connectivity index (χ2n) is 6.06. The number of ether oxygens (including phenoxy) is 2. The van der Waals surface area contributed by atoms with Gasteiger partial charge >= 0.3 is 6.61 Å². The van der Waals surface area contributed by atoms with Gasteiger partial charge in [0.25, 0.3) is 0 Å². The fourth-order valence-corrected chi connectivity index (χ4v) is 3.20. The molecule has 1 aromatic carbocycles. The Morgan fingerprint density at radius 3 is 2.32 bits per heavy atom. The molecular weight excluding hydrogens is 330 g/mol. The Balaban J connectivity index is 2.07. The smallest absolute Gasteiger partial charge is 0.387 e. The Morgan fingerprint density at radius 1 is 1.20 bits per heavy atom. The van der Waals surface area contributed by atoms with Crippen molar-refractivity contribution >= 4 is 11.6 Å². The van der Waals surface area contributed by atoms with Crippen molar-refractivity contribution in [3.05, 3.63) is 24.3 Å². The van der Waals surface area contributed by atoms with Crippen LogP contribution < -0.4 is 10.1 Å². The standard InChI is InChI=1S/C18H26F2N2O3/c1-3-13(4-2)16(22-9-11-24-12-10-22)17(23)21-14-5-7-15(8-6-14)25-18(19)20/h5-8,13,16,18H,3-4,9-12H2,1-2H3,(H,21,23). The summed E-state index contributed by atoms with van der Waals surface area (Å²) >= 11 is 0. The van der Waals surface area contributed by atoms with Crippen LogP contribution >= 0.6 is 0 Å². The number of hydrogen-bond donors (Lipinski definition) is 1. The second kappa shape index (κ2) is 9.68. The van der Waals surface area contributed by atoms with Crippen molar-refractivity contribution in [1.82, 2.24) is 4.90 Å². The van der Waals surface area contributed by atoms with Gasteiger partial charge in [-0.3, -0.25) is 9.69 Å². The molecule has 1 atom stereocenters. The number of carbonyl (C=O) groups is 1. The van der Waals surface area contributed by atoms with E-state index in [-0.39, 0.29) is 23.6 Å². The predicted octanol–water partition coefficient (Wildman–Crippen LogP) is 3.36. The van der Waals surface area contributed by atoms with E-state index in [0.717, 1.165) is 25.9 Å². The summed E-state index contributed by atoms with van der Waals surface area (Å²) < 4.78 is 34.1. The lowest BCUT2D eigenvalue weighted by atomic mass is 9.91. The molecule has 5 nitrogen and oxygen atoms in total. The fraction of sp³-hybridized carbons (Fsp3) is 0.611. The van der Waals surface area contributed by atoms with Gasteiger partial charge in [0.15, 0.2) is 0 Å². The Labute approximate surface area is 147 Å². The van der Waals surface area contributed by atoms with E-state index >= 15 is 0 Å². The van der Waals surface area contributed by atoms with Crippen LogP contribution in [0.1, 0.15) is 26.7 Å². The number of hydrogen-bond acceptors (Lipinski definition) is 4. The van der Waals surface area contributed by atoms with Crippen LogP contribution in [0.4, 0.5) is 14.5 Å². The van der Waals surface area contributed by atoms with Gasteiger partial charge in [0, 0.05) is 18.8 Å². The lowest BCUT2D eigenvalue weighted by Gasteiger charge is -2.37. The summed E-state index contributed by atoms with van der Waals surface area (Å²) in [5.41, 5.74) is 0.566. The quantitative estimate of drug-likeness (QED) is 0.776. The molecule has 0 aromatic heterocycles. The summed E-state index contributed by atoms with van der Waals surface area (Å²) in [6.07, 6.45) is 1.82. The molecule has 0 spiro atoms. The molecule has 1 aromatic rings. The summed E-state index contributed by atoms with van der Waals surface area (Å²) in [5.74, 6) is 0.246. The molecule has 0 aliphatic carbocycles. The molecule has 0 saturated carbocycles. The number of halogens is 2. The van der Waals surface area contributed by atoms with E-state index < -0.39 is 6.61 Å². The third-order valence-corrected chi connectivity index (χ3v) is 4.55. The monoisotopic (exact) mass is 356 g/mol. The van der Waals surface area contributed by atoms with Crippen LogP contribution in [-0.2, 0) is 9.53 Å². The largest absolute Gasteiger partial charge is 0.435 e. The highest BCUT2D eigenvalue weighted by Crippen LogP contribution is 2.23. The number of rotatable bonds is 8. The molecule has 2 rings (SSSR count). The van der Waals surface area contributed by atoms with Gasteiger partial charge in [0.2, 0.25) is 5.91 Å². The van der Waals surface area contributed by atoms with E-state index in [0.29, 0.717) is 18.9 Å². The molecule has 25 heavy (non-hydrogen) atoms. The highest BCUT2D eigenvalue weighted by atomic mass is 19.3. The zero-order valence-corrected chi connectivity index (χ0v) is 14.7. The van der Waals surface area contributed by atoms with Crippen molar-refractivity contribution in [3.63, 3.8) is 0 Å². The Morgan fingerprint density at radius 2 is 1.80 bits per heavy atom. The molecule has 1 N–H and O–H groups in total. The summed E-state index contributed by atoms with van der Waals surface area (Å²) in [5, 5.41) is 2.90.